The van der Waals surface area contributed by atoms with Gasteiger partial charge in [-0.15, -0.1) is 0 Å². The molecule has 0 unspecified atom stereocenters. The SMILES string of the molecule is CC(C)(C)OC(=O)N[C@@H](Cc1ccccc1)[C@@H](O)C[C@@H](CCCO[Si](C)(C)C(C)(C)C)C(=O)O. The lowest BCUT2D eigenvalue weighted by atomic mass is 9.91. The summed E-state index contributed by atoms with van der Waals surface area (Å²) in [5.41, 5.74) is 0.248. The van der Waals surface area contributed by atoms with E-state index >= 15 is 0 Å². The molecule has 1 amide bonds. The molecule has 0 bridgehead atoms. The van der Waals surface area contributed by atoms with E-state index in [0.717, 1.165) is 5.56 Å². The fraction of sp³-hybridized carbons (Fsp3) is 0.692. The van der Waals surface area contributed by atoms with Crippen LogP contribution in [0, 0.1) is 5.92 Å². The molecule has 1 aromatic carbocycles. The van der Waals surface area contributed by atoms with Gasteiger partial charge in [-0.25, -0.2) is 4.79 Å². The Labute approximate surface area is 206 Å². The van der Waals surface area contributed by atoms with Gasteiger partial charge in [0.15, 0.2) is 8.32 Å². The highest BCUT2D eigenvalue weighted by Gasteiger charge is 2.37. The summed E-state index contributed by atoms with van der Waals surface area (Å²) < 4.78 is 11.5. The molecule has 0 saturated heterocycles. The lowest BCUT2D eigenvalue weighted by Crippen LogP contribution is -2.47. The minimum absolute atomic E-state index is 0.0305. The Morgan fingerprint density at radius 3 is 2.15 bits per heavy atom. The summed E-state index contributed by atoms with van der Waals surface area (Å²) in [5.74, 6) is -1.70. The fourth-order valence-corrected chi connectivity index (χ4v) is 4.37. The zero-order valence-electron chi connectivity index (χ0n) is 22.2. The first-order valence-electron chi connectivity index (χ1n) is 12.1. The Hall–Kier alpha value is -1.90. The molecule has 0 aliphatic carbocycles. The van der Waals surface area contributed by atoms with Crippen LogP contribution in [0.5, 0.6) is 0 Å². The molecule has 3 N–H and O–H groups in total. The summed E-state index contributed by atoms with van der Waals surface area (Å²) in [5, 5.41) is 23.6. The number of nitrogens with one attached hydrogen (secondary N) is 1. The second kappa shape index (κ2) is 12.7. The second-order valence-electron chi connectivity index (χ2n) is 11.5. The van der Waals surface area contributed by atoms with E-state index < -0.39 is 44.0 Å². The predicted octanol–water partition coefficient (Wildman–Crippen LogP) is 5.38. The van der Waals surface area contributed by atoms with E-state index in [0.29, 0.717) is 25.9 Å². The number of amides is 1. The Kier molecular flexibility index (Phi) is 11.3. The fourth-order valence-electron chi connectivity index (χ4n) is 3.28. The van der Waals surface area contributed by atoms with Crippen LogP contribution in [-0.4, -0.2) is 54.9 Å². The van der Waals surface area contributed by atoms with Gasteiger partial charge < -0.3 is 24.7 Å². The number of rotatable bonds is 12. The maximum Gasteiger partial charge on any atom is 0.407 e. The molecule has 1 aromatic rings. The third-order valence-corrected chi connectivity index (χ3v) is 10.8. The van der Waals surface area contributed by atoms with Gasteiger partial charge in [0, 0.05) is 6.61 Å². The number of ether oxygens (including phenoxy) is 1. The number of hydrogen-bond acceptors (Lipinski definition) is 5. The number of carboxylic acids is 1. The molecule has 0 aliphatic rings. The van der Waals surface area contributed by atoms with Gasteiger partial charge in [-0.3, -0.25) is 4.79 Å². The summed E-state index contributed by atoms with van der Waals surface area (Å²) in [6.45, 7) is 16.6. The average molecular weight is 496 g/mol. The van der Waals surface area contributed by atoms with Crippen molar-refractivity contribution >= 4 is 20.4 Å². The second-order valence-corrected chi connectivity index (χ2v) is 16.3. The standard InChI is InChI=1S/C26H45NO6Si/c1-25(2,3)33-24(31)27-21(17-19-13-10-9-11-14-19)22(28)18-20(23(29)30)15-12-16-32-34(7,8)26(4,5)6/h9-11,13-14,20-22,28H,12,15-18H2,1-8H3,(H,27,31)(H,29,30)/t20-,21+,22+/m1/s1. The molecule has 0 fully saturated rings. The minimum atomic E-state index is -1.89. The van der Waals surface area contributed by atoms with Gasteiger partial charge in [0.05, 0.1) is 18.1 Å². The molecule has 3 atom stereocenters. The van der Waals surface area contributed by atoms with Crippen LogP contribution in [0.2, 0.25) is 18.1 Å². The monoisotopic (exact) mass is 495 g/mol. The van der Waals surface area contributed by atoms with Crippen molar-refractivity contribution in [3.8, 4) is 0 Å². The number of alkyl carbamates (subject to hydrolysis) is 1. The van der Waals surface area contributed by atoms with Crippen LogP contribution < -0.4 is 5.32 Å². The molecule has 194 valence electrons. The molecule has 34 heavy (non-hydrogen) atoms. The van der Waals surface area contributed by atoms with E-state index in [1.54, 1.807) is 20.8 Å². The smallest absolute Gasteiger partial charge is 0.407 e. The first-order chi connectivity index (χ1) is 15.5. The Bertz CT molecular complexity index is 770. The molecule has 0 saturated carbocycles. The maximum atomic E-state index is 12.4. The van der Waals surface area contributed by atoms with Gasteiger partial charge in [0.25, 0.3) is 0 Å². The van der Waals surface area contributed by atoms with Gasteiger partial charge in [0.2, 0.25) is 0 Å². The molecule has 0 aromatic heterocycles. The quantitative estimate of drug-likeness (QED) is 0.266. The third kappa shape index (κ3) is 11.0. The Balaban J connectivity index is 2.81. The Morgan fingerprint density at radius 1 is 1.06 bits per heavy atom. The van der Waals surface area contributed by atoms with Crippen LogP contribution in [-0.2, 0) is 20.4 Å². The van der Waals surface area contributed by atoms with E-state index in [1.165, 1.54) is 0 Å². The first kappa shape index (κ1) is 30.1. The number of carboxylic acid groups (broad SMARTS) is 1. The highest BCUT2D eigenvalue weighted by molar-refractivity contribution is 6.74. The summed E-state index contributed by atoms with van der Waals surface area (Å²) in [4.78, 5) is 24.3. The molecule has 0 heterocycles. The number of aliphatic hydroxyl groups is 1. The topological polar surface area (TPSA) is 105 Å². The van der Waals surface area contributed by atoms with Crippen molar-refractivity contribution in [2.45, 2.75) is 103 Å². The summed E-state index contributed by atoms with van der Waals surface area (Å²) >= 11 is 0. The highest BCUT2D eigenvalue weighted by Crippen LogP contribution is 2.36. The van der Waals surface area contributed by atoms with Gasteiger partial charge in [-0.1, -0.05) is 51.1 Å². The van der Waals surface area contributed by atoms with E-state index in [4.69, 9.17) is 9.16 Å². The van der Waals surface area contributed by atoms with Crippen LogP contribution in [0.1, 0.15) is 66.4 Å². The molecule has 0 spiro atoms. The summed E-state index contributed by atoms with van der Waals surface area (Å²) in [6, 6.07) is 8.79. The summed E-state index contributed by atoms with van der Waals surface area (Å²) in [7, 11) is -1.89. The Morgan fingerprint density at radius 2 is 1.65 bits per heavy atom. The van der Waals surface area contributed by atoms with Gasteiger partial charge in [0.1, 0.15) is 5.60 Å². The third-order valence-electron chi connectivity index (χ3n) is 6.31. The maximum absolute atomic E-state index is 12.4. The predicted molar refractivity (Wildman–Crippen MR) is 137 cm³/mol. The molecule has 8 heteroatoms. The van der Waals surface area contributed by atoms with E-state index in [1.807, 2.05) is 30.3 Å². The van der Waals surface area contributed by atoms with Crippen LogP contribution in [0.25, 0.3) is 0 Å². The number of carbonyl (C=O) groups is 2. The normalized spacial score (nSPS) is 15.3. The van der Waals surface area contributed by atoms with Gasteiger partial charge >= 0.3 is 12.1 Å². The highest BCUT2D eigenvalue weighted by atomic mass is 28.4. The largest absolute Gasteiger partial charge is 0.481 e. The van der Waals surface area contributed by atoms with Crippen LogP contribution in [0.3, 0.4) is 0 Å². The molecule has 1 rings (SSSR count). The minimum Gasteiger partial charge on any atom is -0.481 e. The van der Waals surface area contributed by atoms with E-state index in [2.05, 4.69) is 39.2 Å². The van der Waals surface area contributed by atoms with E-state index in [9.17, 15) is 19.8 Å². The number of aliphatic carboxylic acids is 1. The zero-order chi connectivity index (χ0) is 26.2. The van der Waals surface area contributed by atoms with Gasteiger partial charge in [-0.05, 0) is 70.2 Å². The van der Waals surface area contributed by atoms with Crippen molar-refractivity contribution in [3.63, 3.8) is 0 Å². The van der Waals surface area contributed by atoms with Crippen LogP contribution in [0.4, 0.5) is 4.79 Å². The van der Waals surface area contributed by atoms with Crippen molar-refractivity contribution in [1.82, 2.24) is 5.32 Å². The lowest BCUT2D eigenvalue weighted by molar-refractivity contribution is -0.143. The number of aliphatic hydroxyl groups excluding tert-OH is 1. The van der Waals surface area contributed by atoms with E-state index in [-0.39, 0.29) is 11.5 Å². The lowest BCUT2D eigenvalue weighted by Gasteiger charge is -2.36. The number of benzene rings is 1. The molecule has 0 aliphatic heterocycles. The molecular formula is C26H45NO6Si. The van der Waals surface area contributed by atoms with Crippen molar-refractivity contribution in [3.05, 3.63) is 35.9 Å². The van der Waals surface area contributed by atoms with Crippen molar-refractivity contribution in [2.24, 2.45) is 5.92 Å². The van der Waals surface area contributed by atoms with Crippen molar-refractivity contribution < 1.29 is 29.0 Å². The zero-order valence-corrected chi connectivity index (χ0v) is 23.2. The van der Waals surface area contributed by atoms with Gasteiger partial charge in [-0.2, -0.15) is 0 Å². The van der Waals surface area contributed by atoms with Crippen molar-refractivity contribution in [2.75, 3.05) is 6.61 Å². The number of hydrogen-bond donors (Lipinski definition) is 3. The molecule has 0 radical (unpaired) electrons. The molecule has 7 nitrogen and oxygen atoms in total. The van der Waals surface area contributed by atoms with Crippen molar-refractivity contribution in [1.29, 1.82) is 0 Å². The summed E-state index contributed by atoms with van der Waals surface area (Å²) in [6.07, 6.45) is -0.299. The van der Waals surface area contributed by atoms with Crippen LogP contribution >= 0.6 is 0 Å². The number of carbonyl (C=O) groups excluding carboxylic acids is 1. The van der Waals surface area contributed by atoms with Crippen LogP contribution in [0.15, 0.2) is 30.3 Å². The first-order valence-corrected chi connectivity index (χ1v) is 15.0. The average Bonchev–Trinajstić information content (AvgIpc) is 2.67. The molecular weight excluding hydrogens is 450 g/mol.